The fourth-order valence-corrected chi connectivity index (χ4v) is 3.26. The largest absolute Gasteiger partial charge is 0.486 e. The van der Waals surface area contributed by atoms with Crippen molar-refractivity contribution in [3.8, 4) is 11.5 Å². The van der Waals surface area contributed by atoms with Crippen LogP contribution in [0.25, 0.3) is 0 Å². The normalized spacial score (nSPS) is 21.1. The Morgan fingerprint density at radius 2 is 2.05 bits per heavy atom. The molecule has 0 radical (unpaired) electrons. The predicted octanol–water partition coefficient (Wildman–Crippen LogP) is 2.32. The maximum Gasteiger partial charge on any atom is 0.162 e. The molecule has 0 aromatic heterocycles. The predicted molar refractivity (Wildman–Crippen MR) is 80.0 cm³/mol. The molecule has 1 N–H and O–H groups in total. The lowest BCUT2D eigenvalue weighted by atomic mass is 10.2. The van der Waals surface area contributed by atoms with Gasteiger partial charge in [0, 0.05) is 30.3 Å². The summed E-state index contributed by atoms with van der Waals surface area (Å²) in [6.07, 6.45) is 2.83. The van der Waals surface area contributed by atoms with Crippen LogP contribution in [0, 0.1) is 0 Å². The number of nitrogens with one attached hydrogen (secondary N) is 1. The highest BCUT2D eigenvalue weighted by molar-refractivity contribution is 7.99. The molecule has 4 nitrogen and oxygen atoms in total. The molecule has 0 saturated carbocycles. The van der Waals surface area contributed by atoms with E-state index in [2.05, 4.69) is 17.4 Å². The minimum absolute atomic E-state index is 0.425. The standard InChI is InChI=1S/C15H21NO3S/c1-2-12(17-6-1)11-16-5-9-20-13-3-4-14-15(10-13)19-8-7-18-14/h3-4,10,12,16H,1-2,5-9,11H2. The van der Waals surface area contributed by atoms with Crippen molar-refractivity contribution in [3.63, 3.8) is 0 Å². The van der Waals surface area contributed by atoms with E-state index < -0.39 is 0 Å². The van der Waals surface area contributed by atoms with Crippen LogP contribution in [0.3, 0.4) is 0 Å². The summed E-state index contributed by atoms with van der Waals surface area (Å²) in [4.78, 5) is 1.23. The topological polar surface area (TPSA) is 39.7 Å². The maximum absolute atomic E-state index is 5.59. The third kappa shape index (κ3) is 3.81. The summed E-state index contributed by atoms with van der Waals surface area (Å²) in [5, 5.41) is 3.46. The molecular weight excluding hydrogens is 274 g/mol. The average Bonchev–Trinajstić information content (AvgIpc) is 3.00. The van der Waals surface area contributed by atoms with Gasteiger partial charge < -0.3 is 19.5 Å². The number of fused-ring (bicyclic) bond motifs is 1. The molecule has 0 bridgehead atoms. The van der Waals surface area contributed by atoms with Gasteiger partial charge in [-0.3, -0.25) is 0 Å². The van der Waals surface area contributed by atoms with Crippen LogP contribution in [0.2, 0.25) is 0 Å². The lowest BCUT2D eigenvalue weighted by Gasteiger charge is -2.18. The molecule has 0 spiro atoms. The third-order valence-corrected chi connectivity index (χ3v) is 4.45. The molecule has 2 heterocycles. The monoisotopic (exact) mass is 295 g/mol. The van der Waals surface area contributed by atoms with Crippen LogP contribution in [0.1, 0.15) is 12.8 Å². The quantitative estimate of drug-likeness (QED) is 0.644. The van der Waals surface area contributed by atoms with E-state index in [0.717, 1.165) is 36.9 Å². The lowest BCUT2D eigenvalue weighted by Crippen LogP contribution is -2.27. The fourth-order valence-electron chi connectivity index (χ4n) is 2.42. The summed E-state index contributed by atoms with van der Waals surface area (Å²) < 4.78 is 16.7. The number of hydrogen-bond acceptors (Lipinski definition) is 5. The van der Waals surface area contributed by atoms with Crippen LogP contribution in [-0.2, 0) is 4.74 Å². The second-order valence-corrected chi connectivity index (χ2v) is 6.16. The van der Waals surface area contributed by atoms with Gasteiger partial charge >= 0.3 is 0 Å². The Morgan fingerprint density at radius 1 is 1.15 bits per heavy atom. The van der Waals surface area contributed by atoms with Crippen LogP contribution >= 0.6 is 11.8 Å². The van der Waals surface area contributed by atoms with Crippen molar-refractivity contribution in [2.24, 2.45) is 0 Å². The van der Waals surface area contributed by atoms with E-state index in [-0.39, 0.29) is 0 Å². The summed E-state index contributed by atoms with van der Waals surface area (Å²) >= 11 is 1.84. The first kappa shape index (κ1) is 14.0. The van der Waals surface area contributed by atoms with Gasteiger partial charge in [-0.2, -0.15) is 0 Å². The van der Waals surface area contributed by atoms with Gasteiger partial charge in [0.1, 0.15) is 13.2 Å². The molecule has 1 atom stereocenters. The van der Waals surface area contributed by atoms with Gasteiger partial charge in [-0.05, 0) is 31.0 Å². The smallest absolute Gasteiger partial charge is 0.162 e. The number of benzene rings is 1. The summed E-state index contributed by atoms with van der Waals surface area (Å²) in [5.41, 5.74) is 0. The van der Waals surface area contributed by atoms with Crippen molar-refractivity contribution in [3.05, 3.63) is 18.2 Å². The van der Waals surface area contributed by atoms with Crippen LogP contribution < -0.4 is 14.8 Å². The Kier molecular flexibility index (Phi) is 5.06. The number of thioether (sulfide) groups is 1. The van der Waals surface area contributed by atoms with Crippen LogP contribution in [-0.4, -0.2) is 44.8 Å². The highest BCUT2D eigenvalue weighted by Crippen LogP contribution is 2.33. The molecule has 5 heteroatoms. The third-order valence-electron chi connectivity index (χ3n) is 3.46. The highest BCUT2D eigenvalue weighted by atomic mass is 32.2. The van der Waals surface area contributed by atoms with Crippen LogP contribution in [0.5, 0.6) is 11.5 Å². The average molecular weight is 295 g/mol. The van der Waals surface area contributed by atoms with Gasteiger partial charge in [-0.15, -0.1) is 11.8 Å². The summed E-state index contributed by atoms with van der Waals surface area (Å²) in [5.74, 6) is 2.78. The summed E-state index contributed by atoms with van der Waals surface area (Å²) in [6, 6.07) is 6.16. The first-order valence-electron chi connectivity index (χ1n) is 7.26. The van der Waals surface area contributed by atoms with Gasteiger partial charge in [-0.1, -0.05) is 0 Å². The molecule has 1 fully saturated rings. The molecule has 1 unspecified atom stereocenters. The van der Waals surface area contributed by atoms with E-state index in [1.165, 1.54) is 17.7 Å². The van der Waals surface area contributed by atoms with E-state index in [1.807, 2.05) is 17.8 Å². The number of ether oxygens (including phenoxy) is 3. The van der Waals surface area contributed by atoms with Crippen molar-refractivity contribution in [2.45, 2.75) is 23.8 Å². The van der Waals surface area contributed by atoms with E-state index >= 15 is 0 Å². The highest BCUT2D eigenvalue weighted by Gasteiger charge is 2.14. The zero-order valence-corrected chi connectivity index (χ0v) is 12.4. The molecule has 1 aromatic rings. The van der Waals surface area contributed by atoms with Crippen molar-refractivity contribution < 1.29 is 14.2 Å². The summed E-state index contributed by atoms with van der Waals surface area (Å²) in [7, 11) is 0. The fraction of sp³-hybridized carbons (Fsp3) is 0.600. The van der Waals surface area contributed by atoms with Gasteiger partial charge in [-0.25, -0.2) is 0 Å². The molecule has 1 saturated heterocycles. The van der Waals surface area contributed by atoms with Crippen molar-refractivity contribution >= 4 is 11.8 Å². The Balaban J connectivity index is 1.37. The number of rotatable bonds is 6. The second-order valence-electron chi connectivity index (χ2n) is 4.99. The van der Waals surface area contributed by atoms with Gasteiger partial charge in [0.2, 0.25) is 0 Å². The Bertz CT molecular complexity index is 435. The zero-order valence-electron chi connectivity index (χ0n) is 11.6. The van der Waals surface area contributed by atoms with E-state index in [9.17, 15) is 0 Å². The van der Waals surface area contributed by atoms with Gasteiger partial charge in [0.15, 0.2) is 11.5 Å². The number of hydrogen-bond donors (Lipinski definition) is 1. The maximum atomic E-state index is 5.59. The van der Waals surface area contributed by atoms with Crippen LogP contribution in [0.4, 0.5) is 0 Å². The molecule has 20 heavy (non-hydrogen) atoms. The lowest BCUT2D eigenvalue weighted by molar-refractivity contribution is 0.110. The van der Waals surface area contributed by atoms with Crippen molar-refractivity contribution in [1.29, 1.82) is 0 Å². The Labute approximate surface area is 124 Å². The second kappa shape index (κ2) is 7.20. The van der Waals surface area contributed by atoms with Crippen molar-refractivity contribution in [1.82, 2.24) is 5.32 Å². The minimum Gasteiger partial charge on any atom is -0.486 e. The van der Waals surface area contributed by atoms with Gasteiger partial charge in [0.05, 0.1) is 6.10 Å². The van der Waals surface area contributed by atoms with E-state index in [1.54, 1.807) is 0 Å². The van der Waals surface area contributed by atoms with Crippen molar-refractivity contribution in [2.75, 3.05) is 38.7 Å². The van der Waals surface area contributed by atoms with Gasteiger partial charge in [0.25, 0.3) is 0 Å². The summed E-state index contributed by atoms with van der Waals surface area (Å²) in [6.45, 7) is 4.19. The Hall–Kier alpha value is -0.910. The molecule has 3 rings (SSSR count). The molecule has 0 aliphatic carbocycles. The van der Waals surface area contributed by atoms with E-state index in [0.29, 0.717) is 19.3 Å². The molecule has 110 valence electrons. The van der Waals surface area contributed by atoms with Crippen LogP contribution in [0.15, 0.2) is 23.1 Å². The molecular formula is C15H21NO3S. The first-order chi connectivity index (χ1) is 9.92. The molecule has 2 aliphatic rings. The van der Waals surface area contributed by atoms with E-state index in [4.69, 9.17) is 14.2 Å². The Morgan fingerprint density at radius 3 is 2.90 bits per heavy atom. The molecule has 2 aliphatic heterocycles. The first-order valence-corrected chi connectivity index (χ1v) is 8.25. The zero-order chi connectivity index (χ0) is 13.6. The molecule has 0 amide bonds. The SMILES string of the molecule is c1cc2c(cc1SCCNCC1CCCO1)OCCO2. The molecule has 1 aromatic carbocycles. The minimum atomic E-state index is 0.425.